The van der Waals surface area contributed by atoms with E-state index in [0.29, 0.717) is 5.56 Å². The number of aromatic amines is 1. The van der Waals surface area contributed by atoms with Gasteiger partial charge in [-0.3, -0.25) is 15.2 Å². The second kappa shape index (κ2) is 4.05. The van der Waals surface area contributed by atoms with Gasteiger partial charge in [-0.1, -0.05) is 12.1 Å². The van der Waals surface area contributed by atoms with E-state index < -0.39 is 10.9 Å². The fourth-order valence-electron chi connectivity index (χ4n) is 1.44. The lowest BCUT2D eigenvalue weighted by Gasteiger charge is -2.03. The van der Waals surface area contributed by atoms with Gasteiger partial charge in [0.15, 0.2) is 0 Å². The third kappa shape index (κ3) is 1.98. The van der Waals surface area contributed by atoms with Crippen molar-refractivity contribution in [3.8, 4) is 11.3 Å². The Morgan fingerprint density at radius 1 is 1.41 bits per heavy atom. The third-order valence-electron chi connectivity index (χ3n) is 2.20. The van der Waals surface area contributed by atoms with Crippen LogP contribution in [0.15, 0.2) is 30.5 Å². The topological polar surface area (TPSA) is 112 Å². The molecule has 0 atom stereocenters. The van der Waals surface area contributed by atoms with E-state index in [-0.39, 0.29) is 16.9 Å². The first-order chi connectivity index (χ1) is 8.09. The quantitative estimate of drug-likeness (QED) is 0.606. The van der Waals surface area contributed by atoms with E-state index in [2.05, 4.69) is 10.2 Å². The van der Waals surface area contributed by atoms with E-state index in [4.69, 9.17) is 0 Å². The number of nitro benzene ring substituents is 1. The molecule has 2 aromatic rings. The lowest BCUT2D eigenvalue weighted by molar-refractivity contribution is -0.384. The van der Waals surface area contributed by atoms with E-state index in [1.54, 1.807) is 6.07 Å². The van der Waals surface area contributed by atoms with Crippen LogP contribution in [-0.4, -0.2) is 21.1 Å². The number of hydrogen-bond donors (Lipinski definition) is 1. The maximum absolute atomic E-state index is 10.8. The molecule has 1 aromatic heterocycles. The van der Waals surface area contributed by atoms with Crippen molar-refractivity contribution in [1.29, 1.82) is 0 Å². The van der Waals surface area contributed by atoms with Gasteiger partial charge >= 0.3 is 0 Å². The number of nitrogens with one attached hydrogen (secondary N) is 1. The summed E-state index contributed by atoms with van der Waals surface area (Å²) in [5.41, 5.74) is 0.302. The van der Waals surface area contributed by atoms with Crippen molar-refractivity contribution in [2.24, 2.45) is 0 Å². The Morgan fingerprint density at radius 2 is 2.18 bits per heavy atom. The molecule has 1 heterocycles. The van der Waals surface area contributed by atoms with Crippen LogP contribution in [0.25, 0.3) is 11.3 Å². The minimum atomic E-state index is -1.39. The van der Waals surface area contributed by atoms with Crippen LogP contribution >= 0.6 is 0 Å². The van der Waals surface area contributed by atoms with E-state index in [0.717, 1.165) is 6.20 Å². The van der Waals surface area contributed by atoms with Crippen LogP contribution in [0, 0.1) is 10.1 Å². The summed E-state index contributed by atoms with van der Waals surface area (Å²) in [6, 6.07) is 5.60. The molecule has 17 heavy (non-hydrogen) atoms. The maximum atomic E-state index is 10.8. The summed E-state index contributed by atoms with van der Waals surface area (Å²) in [7, 11) is 0. The lowest BCUT2D eigenvalue weighted by atomic mass is 10.1. The Kier molecular flexibility index (Phi) is 2.57. The lowest BCUT2D eigenvalue weighted by Crippen LogP contribution is -2.22. The minimum absolute atomic E-state index is 0.124. The highest BCUT2D eigenvalue weighted by Crippen LogP contribution is 2.24. The molecule has 0 aliphatic carbocycles. The van der Waals surface area contributed by atoms with E-state index in [9.17, 15) is 20.0 Å². The number of nitrogens with zero attached hydrogens (tertiary/aromatic N) is 2. The first-order valence-corrected chi connectivity index (χ1v) is 4.59. The Hall–Kier alpha value is -2.70. The summed E-state index contributed by atoms with van der Waals surface area (Å²) in [5.74, 6) is -1.39. The van der Waals surface area contributed by atoms with Crippen molar-refractivity contribution in [1.82, 2.24) is 10.2 Å². The average Bonchev–Trinajstić information content (AvgIpc) is 2.78. The molecule has 0 aliphatic rings. The zero-order chi connectivity index (χ0) is 12.4. The molecule has 0 saturated heterocycles. The number of nitro groups is 1. The number of rotatable bonds is 3. The van der Waals surface area contributed by atoms with Gasteiger partial charge in [0.1, 0.15) is 0 Å². The highest BCUT2D eigenvalue weighted by Gasteiger charge is 2.12. The summed E-state index contributed by atoms with van der Waals surface area (Å²) in [6.07, 6.45) is 1.10. The fourth-order valence-corrected chi connectivity index (χ4v) is 1.44. The summed E-state index contributed by atoms with van der Waals surface area (Å²) in [4.78, 5) is 20.8. The molecule has 0 unspecified atom stereocenters. The number of benzene rings is 1. The number of non-ortho nitro benzene ring substituents is 1. The monoisotopic (exact) mass is 232 g/mol. The molecule has 0 aliphatic heterocycles. The zero-order valence-electron chi connectivity index (χ0n) is 8.41. The molecule has 0 bridgehead atoms. The van der Waals surface area contributed by atoms with Gasteiger partial charge < -0.3 is 9.90 Å². The van der Waals surface area contributed by atoms with Crippen molar-refractivity contribution in [2.75, 3.05) is 0 Å². The van der Waals surface area contributed by atoms with Gasteiger partial charge in [0.2, 0.25) is 0 Å². The van der Waals surface area contributed by atoms with Gasteiger partial charge in [-0.2, -0.15) is 5.10 Å². The number of carboxylic acids is 1. The van der Waals surface area contributed by atoms with E-state index in [1.807, 2.05) is 0 Å². The van der Waals surface area contributed by atoms with Crippen molar-refractivity contribution in [3.63, 3.8) is 0 Å². The first-order valence-electron chi connectivity index (χ1n) is 4.59. The number of carbonyl (C=O) groups excluding carboxylic acids is 1. The molecule has 0 radical (unpaired) electrons. The molecular formula is C10H6N3O4-. The second-order valence-electron chi connectivity index (χ2n) is 3.25. The maximum Gasteiger partial charge on any atom is 0.270 e. The Bertz CT molecular complexity index is 591. The molecule has 0 spiro atoms. The Balaban J connectivity index is 2.53. The normalized spacial score (nSPS) is 10.1. The molecule has 86 valence electrons. The highest BCUT2D eigenvalue weighted by molar-refractivity contribution is 5.93. The molecule has 7 heteroatoms. The summed E-state index contributed by atoms with van der Waals surface area (Å²) in [5, 5.41) is 27.4. The van der Waals surface area contributed by atoms with Crippen molar-refractivity contribution in [2.45, 2.75) is 0 Å². The SMILES string of the molecule is O=C([O-])c1cn[nH]c1-c1cccc([N+](=O)[O-])c1. The summed E-state index contributed by atoms with van der Waals surface area (Å²) >= 11 is 0. The van der Waals surface area contributed by atoms with E-state index in [1.165, 1.54) is 18.2 Å². The molecular weight excluding hydrogens is 226 g/mol. The molecule has 1 aromatic carbocycles. The van der Waals surface area contributed by atoms with Gasteiger partial charge in [-0.15, -0.1) is 0 Å². The highest BCUT2D eigenvalue weighted by atomic mass is 16.6. The predicted molar refractivity (Wildman–Crippen MR) is 55.0 cm³/mol. The number of hydrogen-bond acceptors (Lipinski definition) is 5. The molecule has 2 rings (SSSR count). The van der Waals surface area contributed by atoms with Crippen LogP contribution in [0.3, 0.4) is 0 Å². The van der Waals surface area contributed by atoms with E-state index >= 15 is 0 Å². The van der Waals surface area contributed by atoms with Crippen LogP contribution < -0.4 is 5.11 Å². The zero-order valence-corrected chi connectivity index (χ0v) is 8.41. The number of H-pyrrole nitrogens is 1. The van der Waals surface area contributed by atoms with Crippen LogP contribution in [0.4, 0.5) is 5.69 Å². The van der Waals surface area contributed by atoms with Gasteiger partial charge in [0, 0.05) is 23.3 Å². The largest absolute Gasteiger partial charge is 0.545 e. The van der Waals surface area contributed by atoms with Crippen molar-refractivity contribution in [3.05, 3.63) is 46.1 Å². The van der Waals surface area contributed by atoms with Crippen LogP contribution in [0.1, 0.15) is 10.4 Å². The molecule has 0 fully saturated rings. The Labute approximate surface area is 94.9 Å². The molecule has 1 N–H and O–H groups in total. The number of carboxylic acid groups (broad SMARTS) is 1. The number of carbonyl (C=O) groups is 1. The van der Waals surface area contributed by atoms with Crippen LogP contribution in [0.2, 0.25) is 0 Å². The fraction of sp³-hybridized carbons (Fsp3) is 0. The second-order valence-corrected chi connectivity index (χ2v) is 3.25. The van der Waals surface area contributed by atoms with Gasteiger partial charge in [-0.25, -0.2) is 0 Å². The molecule has 0 saturated carbocycles. The number of aromatic carboxylic acids is 1. The average molecular weight is 232 g/mol. The van der Waals surface area contributed by atoms with Gasteiger partial charge in [-0.05, 0) is 0 Å². The van der Waals surface area contributed by atoms with Gasteiger partial charge in [0.05, 0.1) is 22.8 Å². The van der Waals surface area contributed by atoms with Gasteiger partial charge in [0.25, 0.3) is 5.69 Å². The Morgan fingerprint density at radius 3 is 2.82 bits per heavy atom. The molecule has 7 nitrogen and oxygen atoms in total. The third-order valence-corrected chi connectivity index (χ3v) is 2.20. The van der Waals surface area contributed by atoms with Crippen molar-refractivity contribution >= 4 is 11.7 Å². The molecule has 0 amide bonds. The first kappa shape index (κ1) is 10.8. The number of aromatic nitrogens is 2. The van der Waals surface area contributed by atoms with Crippen LogP contribution in [-0.2, 0) is 0 Å². The van der Waals surface area contributed by atoms with Crippen LogP contribution in [0.5, 0.6) is 0 Å². The standard InChI is InChI=1S/C10H7N3O4/c14-10(15)8-5-11-12-9(8)6-2-1-3-7(4-6)13(16)17/h1-5H,(H,11,12)(H,14,15)/p-1. The summed E-state index contributed by atoms with van der Waals surface area (Å²) in [6.45, 7) is 0. The summed E-state index contributed by atoms with van der Waals surface area (Å²) < 4.78 is 0. The smallest absolute Gasteiger partial charge is 0.270 e. The van der Waals surface area contributed by atoms with Crippen molar-refractivity contribution < 1.29 is 14.8 Å². The minimum Gasteiger partial charge on any atom is -0.545 e. The predicted octanol–water partition coefficient (Wildman–Crippen LogP) is 0.348.